The molecule has 1 saturated carbocycles. The first kappa shape index (κ1) is 51.4. The van der Waals surface area contributed by atoms with Crippen LogP contribution in [0.2, 0.25) is 0 Å². The van der Waals surface area contributed by atoms with Crippen LogP contribution in [0.5, 0.6) is 0 Å². The van der Waals surface area contributed by atoms with Gasteiger partial charge in [-0.2, -0.15) is 0 Å². The zero-order valence-corrected chi connectivity index (χ0v) is 37.4. The Morgan fingerprint density at radius 1 is 0.527 bits per heavy atom. The molecule has 0 spiro atoms. The van der Waals surface area contributed by atoms with Gasteiger partial charge in [0.2, 0.25) is 0 Å². The highest BCUT2D eigenvalue weighted by Crippen LogP contribution is 2.43. The first-order valence-corrected chi connectivity index (χ1v) is 22.7. The van der Waals surface area contributed by atoms with Gasteiger partial charge in [-0.15, -0.1) is 12.6 Å². The maximum atomic E-state index is 11.8. The van der Waals surface area contributed by atoms with E-state index >= 15 is 0 Å². The number of nitrogen functional groups attached to an aromatic ring is 3. The zero-order chi connectivity index (χ0) is 41.6. The Morgan fingerprint density at radius 3 is 1.40 bits per heavy atom. The molecule has 1 aliphatic heterocycles. The zero-order valence-electron chi connectivity index (χ0n) is 34.0. The van der Waals surface area contributed by atoms with Gasteiger partial charge in [0.25, 0.3) is 0 Å². The molecule has 55 heavy (non-hydrogen) atoms. The molecule has 0 atom stereocenters. The Bertz CT molecular complexity index is 1660. The van der Waals surface area contributed by atoms with E-state index in [0.29, 0.717) is 18.6 Å². The lowest BCUT2D eigenvalue weighted by molar-refractivity contribution is -0.129. The molecular weight excluding hydrogens is 759 g/mol. The van der Waals surface area contributed by atoms with Crippen LogP contribution in [0, 0.1) is 0 Å². The molecule has 6 nitrogen and oxygen atoms in total. The number of rotatable bonds is 3. The number of Topliss-reactive ketones (excluding diaryl/α,β-unsaturated/α-hetero) is 3. The predicted octanol–water partition coefficient (Wildman–Crippen LogP) is 13.4. The topological polar surface area (TPSA) is 129 Å². The molecule has 6 N–H and O–H groups in total. The summed E-state index contributed by atoms with van der Waals surface area (Å²) in [5.41, 5.74) is 22.2. The average molecular weight is 822 g/mol. The molecule has 1 fully saturated rings. The smallest absolute Gasteiger partial charge is 0.169 e. The SMILES string of the molecule is CC.CC.CC.CC.Nc1ccccc1S.Nc1ccccc1SSc1ccccc1N.O=C1CCCC(=O)C1.O=C1CCCC2=C1Sc1ccccc1C2. The molecule has 4 aromatic carbocycles. The van der Waals surface area contributed by atoms with Crippen molar-refractivity contribution in [3.05, 3.63) is 113 Å². The van der Waals surface area contributed by atoms with E-state index < -0.39 is 0 Å². The molecule has 0 bridgehead atoms. The third-order valence-corrected chi connectivity index (χ3v) is 11.6. The van der Waals surface area contributed by atoms with Crippen molar-refractivity contribution in [3.8, 4) is 0 Å². The summed E-state index contributed by atoms with van der Waals surface area (Å²) < 4.78 is 0. The van der Waals surface area contributed by atoms with Crippen LogP contribution in [-0.2, 0) is 20.8 Å². The van der Waals surface area contributed by atoms with Crippen LogP contribution in [-0.4, -0.2) is 17.3 Å². The van der Waals surface area contributed by atoms with E-state index in [0.717, 1.165) is 68.8 Å². The number of nitrogens with two attached hydrogens (primary N) is 3. The number of thiol groups is 1. The molecule has 0 aromatic heterocycles. The number of ketones is 3. The normalized spacial score (nSPS) is 13.3. The molecule has 3 aliphatic rings. The van der Waals surface area contributed by atoms with Crippen LogP contribution in [0.1, 0.15) is 106 Å². The average Bonchev–Trinajstić information content (AvgIpc) is 3.22. The van der Waals surface area contributed by atoms with Gasteiger partial charge in [-0.05, 0) is 79.3 Å². The number of hydrogen-bond acceptors (Lipinski definition) is 10. The number of thioether (sulfide) groups is 1. The molecule has 300 valence electrons. The summed E-state index contributed by atoms with van der Waals surface area (Å²) >= 11 is 5.75. The first-order chi connectivity index (χ1) is 26.7. The van der Waals surface area contributed by atoms with E-state index in [1.165, 1.54) is 16.0 Å². The van der Waals surface area contributed by atoms with E-state index in [-0.39, 0.29) is 18.0 Å². The Kier molecular flexibility index (Phi) is 29.6. The number of hydrogen-bond donors (Lipinski definition) is 4. The third-order valence-electron chi connectivity index (χ3n) is 7.35. The van der Waals surface area contributed by atoms with Crippen molar-refractivity contribution >= 4 is 80.4 Å². The second-order valence-corrected chi connectivity index (χ2v) is 14.8. The van der Waals surface area contributed by atoms with Crippen molar-refractivity contribution in [1.82, 2.24) is 0 Å². The molecule has 10 heteroatoms. The summed E-state index contributed by atoms with van der Waals surface area (Å²) in [5, 5.41) is 0. The molecule has 0 unspecified atom stereocenters. The fourth-order valence-electron chi connectivity index (χ4n) is 4.84. The van der Waals surface area contributed by atoms with Crippen molar-refractivity contribution in [2.75, 3.05) is 17.2 Å². The number of carbonyl (C=O) groups excluding carboxylic acids is 3. The minimum atomic E-state index is 0.112. The monoisotopic (exact) mass is 821 g/mol. The fourth-order valence-corrected chi connectivity index (χ4v) is 8.40. The Morgan fingerprint density at radius 2 is 0.964 bits per heavy atom. The molecular formula is C45H63N3O3S4. The molecule has 0 saturated heterocycles. The van der Waals surface area contributed by atoms with Crippen molar-refractivity contribution in [2.24, 2.45) is 0 Å². The minimum absolute atomic E-state index is 0.112. The second kappa shape index (κ2) is 31.6. The van der Waals surface area contributed by atoms with Crippen LogP contribution >= 0.6 is 46.0 Å². The Labute approximate surface area is 349 Å². The van der Waals surface area contributed by atoms with Gasteiger partial charge in [-0.3, -0.25) is 14.4 Å². The summed E-state index contributed by atoms with van der Waals surface area (Å²) in [6.07, 6.45) is 6.09. The lowest BCUT2D eigenvalue weighted by atomic mass is 9.93. The number of allylic oxidation sites excluding steroid dienone is 2. The summed E-state index contributed by atoms with van der Waals surface area (Å²) in [4.78, 5) is 37.9. The van der Waals surface area contributed by atoms with Gasteiger partial charge >= 0.3 is 0 Å². The molecule has 2 aliphatic carbocycles. The predicted molar refractivity (Wildman–Crippen MR) is 247 cm³/mol. The van der Waals surface area contributed by atoms with E-state index in [1.54, 1.807) is 33.3 Å². The van der Waals surface area contributed by atoms with Crippen LogP contribution < -0.4 is 17.2 Å². The number of carbonyl (C=O) groups is 3. The summed E-state index contributed by atoms with van der Waals surface area (Å²) in [6, 6.07) is 31.5. The van der Waals surface area contributed by atoms with Gasteiger partial charge in [-0.25, -0.2) is 0 Å². The quantitative estimate of drug-likeness (QED) is 0.0691. The van der Waals surface area contributed by atoms with E-state index in [4.69, 9.17) is 17.2 Å². The molecule has 1 heterocycles. The van der Waals surface area contributed by atoms with E-state index in [2.05, 4.69) is 30.8 Å². The maximum Gasteiger partial charge on any atom is 0.169 e. The number of fused-ring (bicyclic) bond motifs is 1. The van der Waals surface area contributed by atoms with Crippen LogP contribution in [0.3, 0.4) is 0 Å². The Hall–Kier alpha value is -3.57. The molecule has 7 rings (SSSR count). The standard InChI is InChI=1S/C13H12OS.C12H12N2S2.C6H7NS.C6H8O2.4C2H6/c14-11-6-3-5-10-8-9-4-1-2-7-12(9)15-13(10)11;13-9-5-1-3-7-11(9)15-16-12-8-4-2-6-10(12)14;7-5-3-1-2-4-6(5)8;7-5-2-1-3-6(8)4-5;4*1-2/h1-2,4,7H,3,5-6,8H2;1-8H,13-14H2;1-4,8H,7H2;1-4H2;4*1-2H3. The third kappa shape index (κ3) is 19.7. The van der Waals surface area contributed by atoms with Crippen molar-refractivity contribution in [2.45, 2.75) is 126 Å². The van der Waals surface area contributed by atoms with Crippen molar-refractivity contribution < 1.29 is 14.4 Å². The second-order valence-electron chi connectivity index (χ2n) is 11.0. The number of anilines is 3. The highest BCUT2D eigenvalue weighted by atomic mass is 33.1. The Balaban J connectivity index is 0.000000689. The van der Waals surface area contributed by atoms with E-state index in [9.17, 15) is 14.4 Å². The highest BCUT2D eigenvalue weighted by Gasteiger charge is 2.26. The van der Waals surface area contributed by atoms with Gasteiger partial charge in [0.1, 0.15) is 11.6 Å². The van der Waals surface area contributed by atoms with Gasteiger partial charge in [0, 0.05) is 55.9 Å². The van der Waals surface area contributed by atoms with Crippen molar-refractivity contribution in [3.63, 3.8) is 0 Å². The number of benzene rings is 4. The highest BCUT2D eigenvalue weighted by molar-refractivity contribution is 8.76. The number of para-hydroxylation sites is 3. The van der Waals surface area contributed by atoms with Gasteiger partial charge < -0.3 is 17.2 Å². The maximum absolute atomic E-state index is 11.8. The van der Waals surface area contributed by atoms with Crippen molar-refractivity contribution in [1.29, 1.82) is 0 Å². The molecule has 0 amide bonds. The van der Waals surface area contributed by atoms with Crippen LogP contribution in [0.25, 0.3) is 0 Å². The lowest BCUT2D eigenvalue weighted by Crippen LogP contribution is -2.14. The van der Waals surface area contributed by atoms with Gasteiger partial charge in [0.15, 0.2) is 5.78 Å². The van der Waals surface area contributed by atoms with E-state index in [1.807, 2.05) is 134 Å². The van der Waals surface area contributed by atoms with Gasteiger partial charge in [-0.1, -0.05) is 143 Å². The first-order valence-electron chi connectivity index (χ1n) is 19.3. The summed E-state index contributed by atoms with van der Waals surface area (Å²) in [7, 11) is 3.25. The largest absolute Gasteiger partial charge is 0.398 e. The summed E-state index contributed by atoms with van der Waals surface area (Å²) in [6.45, 7) is 16.0. The minimum Gasteiger partial charge on any atom is -0.398 e. The lowest BCUT2D eigenvalue weighted by Gasteiger charge is -2.24. The fraction of sp³-hybridized carbons (Fsp3) is 0.356. The molecule has 4 aromatic rings. The summed E-state index contributed by atoms with van der Waals surface area (Å²) in [5.74, 6) is 0.582. The molecule has 0 radical (unpaired) electrons. The van der Waals surface area contributed by atoms with Crippen LogP contribution in [0.15, 0.2) is 127 Å². The van der Waals surface area contributed by atoms with Crippen LogP contribution in [0.4, 0.5) is 17.1 Å². The van der Waals surface area contributed by atoms with Gasteiger partial charge in [0.05, 0.1) is 11.3 Å².